The Morgan fingerprint density at radius 1 is 0.865 bits per heavy atom. The molecular formula is C28H26Cl2N2O5. The number of aliphatic hydroxyl groups is 1. The fraction of sp³-hybridized carbons (Fsp3) is 0.250. The van der Waals surface area contributed by atoms with Gasteiger partial charge in [0.05, 0.1) is 18.6 Å². The smallest absolute Gasteiger partial charge is 0.235 e. The zero-order chi connectivity index (χ0) is 26.7. The quantitative estimate of drug-likeness (QED) is 0.367. The molecule has 0 heterocycles. The van der Waals surface area contributed by atoms with Crippen molar-refractivity contribution in [2.75, 3.05) is 17.7 Å². The van der Waals surface area contributed by atoms with Crippen LogP contribution in [0.3, 0.4) is 0 Å². The predicted molar refractivity (Wildman–Crippen MR) is 143 cm³/mol. The first kappa shape index (κ1) is 26.7. The molecule has 3 aromatic rings. The van der Waals surface area contributed by atoms with Gasteiger partial charge in [0.1, 0.15) is 17.5 Å². The number of rotatable bonds is 6. The van der Waals surface area contributed by atoms with Gasteiger partial charge in [-0.05, 0) is 73.2 Å². The molecule has 3 N–H and O–H groups in total. The third kappa shape index (κ3) is 5.96. The highest BCUT2D eigenvalue weighted by atomic mass is 35.5. The van der Waals surface area contributed by atoms with Gasteiger partial charge in [0.25, 0.3) is 0 Å². The van der Waals surface area contributed by atoms with Crippen LogP contribution in [0.15, 0.2) is 72.8 Å². The maximum atomic E-state index is 13.7. The van der Waals surface area contributed by atoms with Crippen molar-refractivity contribution in [1.82, 2.24) is 0 Å². The molecule has 0 aliphatic heterocycles. The lowest BCUT2D eigenvalue weighted by molar-refractivity contribution is -0.150. The van der Waals surface area contributed by atoms with E-state index in [0.29, 0.717) is 32.7 Å². The normalized spacial score (nSPS) is 23.3. The number of carbonyl (C=O) groups excluding carboxylic acids is 3. The van der Waals surface area contributed by atoms with Crippen LogP contribution >= 0.6 is 23.2 Å². The van der Waals surface area contributed by atoms with Crippen molar-refractivity contribution in [3.8, 4) is 5.75 Å². The molecule has 1 aliphatic rings. The van der Waals surface area contributed by atoms with Crippen LogP contribution in [0.4, 0.5) is 11.4 Å². The van der Waals surface area contributed by atoms with Gasteiger partial charge in [-0.1, -0.05) is 35.3 Å². The van der Waals surface area contributed by atoms with E-state index >= 15 is 0 Å². The number of nitrogens with one attached hydrogen (secondary N) is 2. The fourth-order valence-electron chi connectivity index (χ4n) is 4.82. The van der Waals surface area contributed by atoms with Gasteiger partial charge in [-0.25, -0.2) is 0 Å². The van der Waals surface area contributed by atoms with E-state index in [-0.39, 0.29) is 6.42 Å². The Bertz CT molecular complexity index is 1290. The molecule has 4 atom stereocenters. The van der Waals surface area contributed by atoms with Crippen molar-refractivity contribution >= 4 is 52.2 Å². The van der Waals surface area contributed by atoms with E-state index in [1.54, 1.807) is 72.8 Å². The van der Waals surface area contributed by atoms with Crippen molar-refractivity contribution in [2.45, 2.75) is 24.9 Å². The van der Waals surface area contributed by atoms with Crippen LogP contribution in [-0.4, -0.2) is 35.4 Å². The van der Waals surface area contributed by atoms with Gasteiger partial charge in [0.15, 0.2) is 0 Å². The Kier molecular flexibility index (Phi) is 7.87. The molecule has 0 saturated heterocycles. The first-order valence-electron chi connectivity index (χ1n) is 11.6. The number of ketones is 1. The van der Waals surface area contributed by atoms with Crippen molar-refractivity contribution in [1.29, 1.82) is 0 Å². The lowest BCUT2D eigenvalue weighted by Crippen LogP contribution is -2.56. The Labute approximate surface area is 224 Å². The van der Waals surface area contributed by atoms with Gasteiger partial charge in [-0.2, -0.15) is 0 Å². The summed E-state index contributed by atoms with van der Waals surface area (Å²) in [6.45, 7) is 1.45. The molecule has 0 radical (unpaired) electrons. The highest BCUT2D eigenvalue weighted by molar-refractivity contribution is 6.31. The monoisotopic (exact) mass is 540 g/mol. The van der Waals surface area contributed by atoms with Crippen molar-refractivity contribution in [3.63, 3.8) is 0 Å². The summed E-state index contributed by atoms with van der Waals surface area (Å²) in [5, 5.41) is 17.9. The summed E-state index contributed by atoms with van der Waals surface area (Å²) in [7, 11) is 1.52. The highest BCUT2D eigenvalue weighted by Crippen LogP contribution is 2.47. The third-order valence-corrected chi connectivity index (χ3v) is 7.06. The molecule has 2 amide bonds. The number of amides is 2. The Morgan fingerprint density at radius 3 is 1.84 bits per heavy atom. The van der Waals surface area contributed by atoms with Crippen molar-refractivity contribution in [3.05, 3.63) is 88.4 Å². The molecule has 1 saturated carbocycles. The van der Waals surface area contributed by atoms with Crippen LogP contribution in [0.1, 0.15) is 24.8 Å². The molecule has 1 aliphatic carbocycles. The summed E-state index contributed by atoms with van der Waals surface area (Å²) in [5.74, 6) is -4.31. The second kappa shape index (κ2) is 10.9. The van der Waals surface area contributed by atoms with Crippen LogP contribution in [0.2, 0.25) is 10.0 Å². The van der Waals surface area contributed by atoms with E-state index in [1.807, 2.05) is 0 Å². The first-order valence-corrected chi connectivity index (χ1v) is 12.4. The predicted octanol–water partition coefficient (Wildman–Crippen LogP) is 5.32. The molecule has 37 heavy (non-hydrogen) atoms. The fourth-order valence-corrected chi connectivity index (χ4v) is 5.08. The molecule has 1 fully saturated rings. The van der Waals surface area contributed by atoms with E-state index < -0.39 is 41.0 Å². The lowest BCUT2D eigenvalue weighted by Gasteiger charge is -2.44. The molecule has 0 spiro atoms. The van der Waals surface area contributed by atoms with Gasteiger partial charge in [-0.3, -0.25) is 14.4 Å². The van der Waals surface area contributed by atoms with Gasteiger partial charge in [0.2, 0.25) is 11.8 Å². The van der Waals surface area contributed by atoms with E-state index in [9.17, 15) is 19.5 Å². The molecule has 0 aromatic heterocycles. The molecule has 7 nitrogen and oxygen atoms in total. The maximum absolute atomic E-state index is 13.7. The van der Waals surface area contributed by atoms with E-state index in [4.69, 9.17) is 27.9 Å². The highest BCUT2D eigenvalue weighted by Gasteiger charge is 2.55. The number of methoxy groups -OCH3 is 1. The van der Waals surface area contributed by atoms with Crippen LogP contribution in [0.5, 0.6) is 5.75 Å². The minimum absolute atomic E-state index is 0.364. The average Bonchev–Trinajstić information content (AvgIpc) is 2.85. The summed E-state index contributed by atoms with van der Waals surface area (Å²) >= 11 is 11.9. The first-order chi connectivity index (χ1) is 17.6. The summed E-state index contributed by atoms with van der Waals surface area (Å²) in [6.07, 6.45) is -0.364. The minimum atomic E-state index is -1.71. The summed E-state index contributed by atoms with van der Waals surface area (Å²) in [5.41, 5.74) is -0.246. The topological polar surface area (TPSA) is 105 Å². The number of Topliss-reactive ketones (excluding diaryl/α,β-unsaturated/α-hetero) is 1. The molecule has 4 rings (SSSR count). The Morgan fingerprint density at radius 2 is 1.35 bits per heavy atom. The second-order valence-corrected chi connectivity index (χ2v) is 10.1. The summed E-state index contributed by atoms with van der Waals surface area (Å²) in [4.78, 5) is 40.5. The Balaban J connectivity index is 1.75. The maximum Gasteiger partial charge on any atom is 0.235 e. The number of hydrogen-bond donors (Lipinski definition) is 3. The largest absolute Gasteiger partial charge is 0.497 e. The van der Waals surface area contributed by atoms with Gasteiger partial charge >= 0.3 is 0 Å². The average molecular weight is 541 g/mol. The zero-order valence-electron chi connectivity index (χ0n) is 20.2. The SMILES string of the molecule is COc1ccc([C@@H]2[C@H](C(=O)Nc3ccc(Cl)cc3)C(=O)C[C@](C)(O)[C@@H]2C(=O)Nc2ccc(Cl)cc2)cc1. The van der Waals surface area contributed by atoms with Crippen LogP contribution in [0, 0.1) is 11.8 Å². The van der Waals surface area contributed by atoms with Crippen LogP contribution in [-0.2, 0) is 14.4 Å². The second-order valence-electron chi connectivity index (χ2n) is 9.25. The van der Waals surface area contributed by atoms with Crippen LogP contribution < -0.4 is 15.4 Å². The number of benzene rings is 3. The van der Waals surface area contributed by atoms with Gasteiger partial charge in [0, 0.05) is 33.8 Å². The number of halogens is 2. The molecule has 9 heteroatoms. The number of anilines is 2. The standard InChI is InChI=1S/C28H26Cl2N2O5/c1-28(36)15-22(33)24(26(34)31-19-9-5-17(29)6-10-19)23(16-3-13-21(37-2)14-4-16)25(28)27(35)32-20-11-7-18(30)8-12-20/h3-14,23-25,36H,15H2,1-2H3,(H,31,34)(H,32,35)/t23-,24-,25+,28+/m1/s1. The zero-order valence-corrected chi connectivity index (χ0v) is 21.7. The van der Waals surface area contributed by atoms with E-state index in [2.05, 4.69) is 10.6 Å². The molecular weight excluding hydrogens is 515 g/mol. The number of hydrogen-bond acceptors (Lipinski definition) is 5. The van der Waals surface area contributed by atoms with Gasteiger partial charge in [-0.15, -0.1) is 0 Å². The molecule has 3 aromatic carbocycles. The van der Waals surface area contributed by atoms with Crippen molar-refractivity contribution in [2.24, 2.45) is 11.8 Å². The lowest BCUT2D eigenvalue weighted by atomic mass is 9.61. The molecule has 0 unspecified atom stereocenters. The summed E-state index contributed by atoms with van der Waals surface area (Å²) in [6, 6.07) is 19.8. The summed E-state index contributed by atoms with van der Waals surface area (Å²) < 4.78 is 5.25. The van der Waals surface area contributed by atoms with E-state index in [0.717, 1.165) is 0 Å². The number of carbonyl (C=O) groups is 3. The van der Waals surface area contributed by atoms with Gasteiger partial charge < -0.3 is 20.5 Å². The van der Waals surface area contributed by atoms with Crippen LogP contribution in [0.25, 0.3) is 0 Å². The Hall–Kier alpha value is -3.39. The van der Waals surface area contributed by atoms with E-state index in [1.165, 1.54) is 14.0 Å². The molecule has 0 bridgehead atoms. The third-order valence-electron chi connectivity index (χ3n) is 6.56. The number of ether oxygens (including phenoxy) is 1. The minimum Gasteiger partial charge on any atom is -0.497 e. The van der Waals surface area contributed by atoms with Crippen molar-refractivity contribution < 1.29 is 24.2 Å². The molecule has 192 valence electrons.